The Morgan fingerprint density at radius 1 is 1.40 bits per heavy atom. The van der Waals surface area contributed by atoms with Gasteiger partial charge in [0.25, 0.3) is 0 Å². The summed E-state index contributed by atoms with van der Waals surface area (Å²) in [5, 5.41) is 8.81. The van der Waals surface area contributed by atoms with Crippen LogP contribution in [0, 0.1) is 5.92 Å². The molecule has 0 bridgehead atoms. The molecule has 25 heavy (non-hydrogen) atoms. The summed E-state index contributed by atoms with van der Waals surface area (Å²) >= 11 is 1.77. The van der Waals surface area contributed by atoms with Crippen LogP contribution >= 0.6 is 11.3 Å². The first-order valence-electron chi connectivity index (χ1n) is 9.12. The third-order valence-electron chi connectivity index (χ3n) is 4.52. The summed E-state index contributed by atoms with van der Waals surface area (Å²) in [5.41, 5.74) is 1.33. The van der Waals surface area contributed by atoms with Gasteiger partial charge in [0.2, 0.25) is 0 Å². The molecule has 136 valence electrons. The largest absolute Gasteiger partial charge is 0.357 e. The van der Waals surface area contributed by atoms with Crippen LogP contribution in [-0.2, 0) is 26.4 Å². The molecule has 0 aromatic carbocycles. The van der Waals surface area contributed by atoms with Gasteiger partial charge in [-0.1, -0.05) is 6.92 Å². The zero-order valence-electron chi connectivity index (χ0n) is 15.4. The van der Waals surface area contributed by atoms with Gasteiger partial charge in [-0.3, -0.25) is 4.68 Å². The van der Waals surface area contributed by atoms with Crippen LogP contribution in [-0.4, -0.2) is 45.3 Å². The van der Waals surface area contributed by atoms with Gasteiger partial charge in [0, 0.05) is 44.0 Å². The van der Waals surface area contributed by atoms with Crippen LogP contribution in [0.25, 0.3) is 0 Å². The molecular formula is C18H28N6S. The Bertz CT molecular complexity index is 704. The molecule has 2 aromatic rings. The minimum atomic E-state index is 0.663. The summed E-state index contributed by atoms with van der Waals surface area (Å²) < 4.78 is 1.88. The standard InChI is InChI=1S/C18H28N6S/c1-4-16-10-20-17(25-16)11-21-18(19-5-2)24-7-6-14(13-24)8-15-9-22-23(3)12-15/h9-10,12,14H,4-8,11,13H2,1-3H3,(H,19,21). The summed E-state index contributed by atoms with van der Waals surface area (Å²) in [4.78, 5) is 13.0. The monoisotopic (exact) mass is 360 g/mol. The van der Waals surface area contributed by atoms with Gasteiger partial charge in [0.05, 0.1) is 12.7 Å². The molecule has 3 heterocycles. The van der Waals surface area contributed by atoms with Crippen molar-refractivity contribution in [2.75, 3.05) is 19.6 Å². The van der Waals surface area contributed by atoms with Gasteiger partial charge < -0.3 is 10.2 Å². The molecule has 0 saturated carbocycles. The third-order valence-corrected chi connectivity index (χ3v) is 5.64. The van der Waals surface area contributed by atoms with Crippen molar-refractivity contribution in [3.05, 3.63) is 34.0 Å². The number of rotatable bonds is 6. The van der Waals surface area contributed by atoms with Gasteiger partial charge in [0.15, 0.2) is 5.96 Å². The first-order valence-corrected chi connectivity index (χ1v) is 9.94. The van der Waals surface area contributed by atoms with E-state index in [1.807, 2.05) is 24.1 Å². The molecule has 2 aromatic heterocycles. The van der Waals surface area contributed by atoms with Crippen molar-refractivity contribution in [2.24, 2.45) is 18.0 Å². The van der Waals surface area contributed by atoms with E-state index in [2.05, 4.69) is 40.3 Å². The van der Waals surface area contributed by atoms with Crippen LogP contribution in [0.1, 0.15) is 35.7 Å². The number of nitrogens with one attached hydrogen (secondary N) is 1. The molecule has 1 aliphatic rings. The van der Waals surface area contributed by atoms with Crippen LogP contribution in [0.5, 0.6) is 0 Å². The number of guanidine groups is 1. The molecule has 1 fully saturated rings. The minimum absolute atomic E-state index is 0.663. The summed E-state index contributed by atoms with van der Waals surface area (Å²) in [6.45, 7) is 7.96. The zero-order valence-corrected chi connectivity index (χ0v) is 16.2. The first kappa shape index (κ1) is 17.9. The molecule has 1 atom stereocenters. The quantitative estimate of drug-likeness (QED) is 0.635. The highest BCUT2D eigenvalue weighted by atomic mass is 32.1. The number of hydrogen-bond acceptors (Lipinski definition) is 4. The van der Waals surface area contributed by atoms with E-state index in [-0.39, 0.29) is 0 Å². The fourth-order valence-corrected chi connectivity index (χ4v) is 4.04. The summed E-state index contributed by atoms with van der Waals surface area (Å²) in [6.07, 6.45) is 9.42. The number of nitrogens with zero attached hydrogens (tertiary/aromatic N) is 5. The van der Waals surface area contributed by atoms with Gasteiger partial charge >= 0.3 is 0 Å². The van der Waals surface area contributed by atoms with Gasteiger partial charge in [-0.2, -0.15) is 5.10 Å². The van der Waals surface area contributed by atoms with Crippen molar-refractivity contribution in [3.8, 4) is 0 Å². The fraction of sp³-hybridized carbons (Fsp3) is 0.611. The lowest BCUT2D eigenvalue weighted by atomic mass is 10.0. The maximum absolute atomic E-state index is 4.82. The molecule has 0 amide bonds. The molecule has 6 nitrogen and oxygen atoms in total. The Morgan fingerprint density at radius 2 is 2.28 bits per heavy atom. The lowest BCUT2D eigenvalue weighted by Crippen LogP contribution is -2.40. The van der Waals surface area contributed by atoms with E-state index in [1.165, 1.54) is 16.9 Å². The van der Waals surface area contributed by atoms with Gasteiger partial charge in [-0.05, 0) is 37.7 Å². The predicted molar refractivity (Wildman–Crippen MR) is 103 cm³/mol. The van der Waals surface area contributed by atoms with Crippen molar-refractivity contribution in [2.45, 2.75) is 39.7 Å². The first-order chi connectivity index (χ1) is 12.2. The van der Waals surface area contributed by atoms with Crippen LogP contribution in [0.4, 0.5) is 0 Å². The van der Waals surface area contributed by atoms with E-state index >= 15 is 0 Å². The molecule has 7 heteroatoms. The van der Waals surface area contributed by atoms with Crippen LogP contribution in [0.2, 0.25) is 0 Å². The molecule has 0 aliphatic carbocycles. The smallest absolute Gasteiger partial charge is 0.194 e. The number of aryl methyl sites for hydroxylation is 2. The Hall–Kier alpha value is -1.89. The van der Waals surface area contributed by atoms with Crippen LogP contribution in [0.3, 0.4) is 0 Å². The highest BCUT2D eigenvalue weighted by Gasteiger charge is 2.25. The average Bonchev–Trinajstić information content (AvgIpc) is 3.33. The van der Waals surface area contributed by atoms with Gasteiger partial charge in [0.1, 0.15) is 5.01 Å². The van der Waals surface area contributed by atoms with Crippen LogP contribution in [0.15, 0.2) is 23.6 Å². The molecule has 0 radical (unpaired) electrons. The van der Waals surface area contributed by atoms with Crippen molar-refractivity contribution in [1.82, 2.24) is 25.0 Å². The van der Waals surface area contributed by atoms with E-state index in [4.69, 9.17) is 4.99 Å². The van der Waals surface area contributed by atoms with Crippen molar-refractivity contribution in [1.29, 1.82) is 0 Å². The van der Waals surface area contributed by atoms with E-state index in [0.717, 1.165) is 43.4 Å². The molecule has 1 saturated heterocycles. The summed E-state index contributed by atoms with van der Waals surface area (Å²) in [5.74, 6) is 1.68. The van der Waals surface area contributed by atoms with E-state index < -0.39 is 0 Å². The molecule has 3 rings (SSSR count). The second-order valence-electron chi connectivity index (χ2n) is 6.57. The zero-order chi connectivity index (χ0) is 17.6. The van der Waals surface area contributed by atoms with Crippen molar-refractivity contribution < 1.29 is 0 Å². The highest BCUT2D eigenvalue weighted by molar-refractivity contribution is 7.11. The Morgan fingerprint density at radius 3 is 2.96 bits per heavy atom. The Balaban J connectivity index is 1.59. The van der Waals surface area contributed by atoms with E-state index in [1.54, 1.807) is 11.3 Å². The molecule has 0 spiro atoms. The number of thiazole rings is 1. The predicted octanol–water partition coefficient (Wildman–Crippen LogP) is 2.47. The second-order valence-corrected chi connectivity index (χ2v) is 7.77. The van der Waals surface area contributed by atoms with Crippen molar-refractivity contribution >= 4 is 17.3 Å². The summed E-state index contributed by atoms with van der Waals surface area (Å²) in [6, 6.07) is 0. The second kappa shape index (κ2) is 8.47. The van der Waals surface area contributed by atoms with Crippen LogP contribution < -0.4 is 5.32 Å². The van der Waals surface area contributed by atoms with Gasteiger partial charge in [-0.15, -0.1) is 11.3 Å². The number of hydrogen-bond donors (Lipinski definition) is 1. The fourth-order valence-electron chi connectivity index (χ4n) is 3.26. The Labute approximate surface area is 154 Å². The molecule has 1 unspecified atom stereocenters. The highest BCUT2D eigenvalue weighted by Crippen LogP contribution is 2.21. The average molecular weight is 361 g/mol. The minimum Gasteiger partial charge on any atom is -0.357 e. The topological polar surface area (TPSA) is 58.3 Å². The third kappa shape index (κ3) is 4.81. The molecular weight excluding hydrogens is 332 g/mol. The normalized spacial score (nSPS) is 18.1. The van der Waals surface area contributed by atoms with Gasteiger partial charge in [-0.25, -0.2) is 9.98 Å². The summed E-state index contributed by atoms with van der Waals surface area (Å²) in [7, 11) is 1.98. The lowest BCUT2D eigenvalue weighted by Gasteiger charge is -2.21. The lowest BCUT2D eigenvalue weighted by molar-refractivity contribution is 0.460. The Kier molecular flexibility index (Phi) is 6.07. The van der Waals surface area contributed by atoms with E-state index in [9.17, 15) is 0 Å². The molecule has 1 N–H and O–H groups in total. The molecule has 1 aliphatic heterocycles. The SMILES string of the molecule is CCNC(=NCc1ncc(CC)s1)N1CCC(Cc2cnn(C)c2)C1. The van der Waals surface area contributed by atoms with E-state index in [0.29, 0.717) is 12.5 Å². The number of aromatic nitrogens is 3. The van der Waals surface area contributed by atoms with Crippen molar-refractivity contribution in [3.63, 3.8) is 0 Å². The maximum atomic E-state index is 4.82. The number of aliphatic imine (C=N–C) groups is 1. The maximum Gasteiger partial charge on any atom is 0.194 e. The number of likely N-dealkylation sites (tertiary alicyclic amines) is 1.